The lowest BCUT2D eigenvalue weighted by atomic mass is 10.3. The van der Waals surface area contributed by atoms with Gasteiger partial charge in [0.05, 0.1) is 12.2 Å². The molecule has 0 aliphatic rings. The number of rotatable bonds is 5. The molecule has 5 heteroatoms. The van der Waals surface area contributed by atoms with E-state index in [4.69, 9.17) is 4.52 Å². The average Bonchev–Trinajstić information content (AvgIpc) is 2.89. The molecule has 2 aromatic rings. The molecule has 2 aromatic heterocycles. The van der Waals surface area contributed by atoms with E-state index in [1.165, 1.54) is 0 Å². The summed E-state index contributed by atoms with van der Waals surface area (Å²) in [7, 11) is 0. The van der Waals surface area contributed by atoms with Crippen molar-refractivity contribution in [2.45, 2.75) is 19.6 Å². The first kappa shape index (κ1) is 11.3. The molecule has 0 bridgehead atoms. The summed E-state index contributed by atoms with van der Waals surface area (Å²) in [5.41, 5.74) is 0.871. The highest BCUT2D eigenvalue weighted by atomic mass is 32.1. The number of aliphatic hydroxyl groups is 1. The third-order valence-electron chi connectivity index (χ3n) is 2.19. The van der Waals surface area contributed by atoms with Crippen LogP contribution in [0.2, 0.25) is 0 Å². The van der Waals surface area contributed by atoms with Crippen molar-refractivity contribution in [3.63, 3.8) is 0 Å². The fourth-order valence-corrected chi connectivity index (χ4v) is 2.12. The molecular weight excluding hydrogens is 224 g/mol. The maximum atomic E-state index is 9.79. The molecule has 0 amide bonds. The summed E-state index contributed by atoms with van der Waals surface area (Å²) in [5, 5.41) is 18.7. The molecule has 1 atom stereocenters. The third kappa shape index (κ3) is 2.91. The first-order valence-corrected chi connectivity index (χ1v) is 5.98. The molecule has 0 aliphatic heterocycles. The second kappa shape index (κ2) is 5.25. The monoisotopic (exact) mass is 238 g/mol. The zero-order chi connectivity index (χ0) is 11.4. The highest BCUT2D eigenvalue weighted by molar-refractivity contribution is 7.10. The van der Waals surface area contributed by atoms with Gasteiger partial charge in [-0.1, -0.05) is 11.2 Å². The Morgan fingerprint density at radius 3 is 3.12 bits per heavy atom. The molecule has 2 rings (SSSR count). The molecule has 4 nitrogen and oxygen atoms in total. The van der Waals surface area contributed by atoms with E-state index < -0.39 is 6.10 Å². The maximum absolute atomic E-state index is 9.79. The molecule has 2 heterocycles. The van der Waals surface area contributed by atoms with Gasteiger partial charge in [-0.25, -0.2) is 0 Å². The van der Waals surface area contributed by atoms with Gasteiger partial charge in [-0.05, 0) is 18.4 Å². The van der Waals surface area contributed by atoms with E-state index in [1.54, 1.807) is 11.3 Å². The van der Waals surface area contributed by atoms with Crippen LogP contribution >= 0.6 is 11.3 Å². The Labute approximate surface area is 97.9 Å². The zero-order valence-corrected chi connectivity index (χ0v) is 9.83. The van der Waals surface area contributed by atoms with Crippen molar-refractivity contribution < 1.29 is 9.63 Å². The fraction of sp³-hybridized carbons (Fsp3) is 0.364. The summed E-state index contributed by atoms with van der Waals surface area (Å²) in [5.74, 6) is 0.788. The van der Waals surface area contributed by atoms with E-state index in [2.05, 4.69) is 10.5 Å². The van der Waals surface area contributed by atoms with Crippen molar-refractivity contribution in [3.05, 3.63) is 39.9 Å². The van der Waals surface area contributed by atoms with Crippen LogP contribution in [0.5, 0.6) is 0 Å². The normalized spacial score (nSPS) is 12.9. The minimum Gasteiger partial charge on any atom is -0.386 e. The van der Waals surface area contributed by atoms with E-state index >= 15 is 0 Å². The van der Waals surface area contributed by atoms with Crippen LogP contribution in [0.15, 0.2) is 28.1 Å². The largest absolute Gasteiger partial charge is 0.386 e. The summed E-state index contributed by atoms with van der Waals surface area (Å²) >= 11 is 1.56. The molecule has 16 heavy (non-hydrogen) atoms. The molecule has 0 aliphatic carbocycles. The number of aliphatic hydroxyl groups excluding tert-OH is 1. The van der Waals surface area contributed by atoms with Crippen molar-refractivity contribution in [1.82, 2.24) is 10.5 Å². The number of nitrogens with one attached hydrogen (secondary N) is 1. The van der Waals surface area contributed by atoms with Gasteiger partial charge in [0.2, 0.25) is 0 Å². The van der Waals surface area contributed by atoms with Gasteiger partial charge in [0.1, 0.15) is 6.10 Å². The molecule has 0 saturated carbocycles. The van der Waals surface area contributed by atoms with E-state index in [1.807, 2.05) is 30.5 Å². The van der Waals surface area contributed by atoms with Gasteiger partial charge in [0, 0.05) is 17.5 Å². The van der Waals surface area contributed by atoms with Crippen LogP contribution in [0.4, 0.5) is 0 Å². The Morgan fingerprint density at radius 2 is 2.50 bits per heavy atom. The Morgan fingerprint density at radius 1 is 1.62 bits per heavy atom. The van der Waals surface area contributed by atoms with Crippen LogP contribution in [0.3, 0.4) is 0 Å². The number of nitrogens with zero attached hydrogens (tertiary/aromatic N) is 1. The van der Waals surface area contributed by atoms with E-state index in [0.717, 1.165) is 16.3 Å². The summed E-state index contributed by atoms with van der Waals surface area (Å²) in [4.78, 5) is 0.973. The van der Waals surface area contributed by atoms with Gasteiger partial charge in [-0.15, -0.1) is 11.3 Å². The minimum atomic E-state index is -0.455. The highest BCUT2D eigenvalue weighted by Gasteiger charge is 2.08. The van der Waals surface area contributed by atoms with Crippen LogP contribution in [-0.2, 0) is 6.54 Å². The molecule has 0 aromatic carbocycles. The number of thiophene rings is 1. The van der Waals surface area contributed by atoms with E-state index in [9.17, 15) is 5.11 Å². The summed E-state index contributed by atoms with van der Waals surface area (Å²) < 4.78 is 5.05. The van der Waals surface area contributed by atoms with Gasteiger partial charge in [0.15, 0.2) is 5.76 Å². The number of aryl methyl sites for hydroxylation is 1. The van der Waals surface area contributed by atoms with Crippen molar-refractivity contribution in [2.24, 2.45) is 0 Å². The van der Waals surface area contributed by atoms with Gasteiger partial charge >= 0.3 is 0 Å². The Kier molecular flexibility index (Phi) is 3.71. The van der Waals surface area contributed by atoms with Crippen LogP contribution < -0.4 is 5.32 Å². The predicted octanol–water partition coefficient (Wildman–Crippen LogP) is 1.87. The van der Waals surface area contributed by atoms with Gasteiger partial charge < -0.3 is 14.9 Å². The lowest BCUT2D eigenvalue weighted by Gasteiger charge is -2.08. The van der Waals surface area contributed by atoms with Crippen molar-refractivity contribution in [2.75, 3.05) is 6.54 Å². The molecule has 0 fully saturated rings. The van der Waals surface area contributed by atoms with Crippen LogP contribution in [-0.4, -0.2) is 16.8 Å². The lowest BCUT2D eigenvalue weighted by Crippen LogP contribution is -2.20. The first-order valence-electron chi connectivity index (χ1n) is 5.10. The SMILES string of the molecule is Cc1cc(CNCC(O)c2cccs2)on1. The highest BCUT2D eigenvalue weighted by Crippen LogP contribution is 2.17. The molecule has 0 spiro atoms. The van der Waals surface area contributed by atoms with Crippen molar-refractivity contribution in [1.29, 1.82) is 0 Å². The Bertz CT molecular complexity index is 425. The maximum Gasteiger partial charge on any atom is 0.150 e. The second-order valence-corrected chi connectivity index (χ2v) is 4.58. The smallest absolute Gasteiger partial charge is 0.150 e. The van der Waals surface area contributed by atoms with Crippen molar-refractivity contribution in [3.8, 4) is 0 Å². The Hall–Kier alpha value is -1.17. The standard InChI is InChI=1S/C11H14N2O2S/c1-8-5-9(15-13-8)6-12-7-10(14)11-3-2-4-16-11/h2-5,10,12,14H,6-7H2,1H3. The molecule has 0 saturated heterocycles. The van der Waals surface area contributed by atoms with Gasteiger partial charge in [-0.3, -0.25) is 0 Å². The van der Waals surface area contributed by atoms with Crippen LogP contribution in [0.1, 0.15) is 22.4 Å². The fourth-order valence-electron chi connectivity index (χ4n) is 1.41. The van der Waals surface area contributed by atoms with E-state index in [-0.39, 0.29) is 0 Å². The summed E-state index contributed by atoms with van der Waals surface area (Å²) in [6.45, 7) is 2.98. The molecule has 2 N–H and O–H groups in total. The zero-order valence-electron chi connectivity index (χ0n) is 9.01. The van der Waals surface area contributed by atoms with E-state index in [0.29, 0.717) is 13.1 Å². The summed E-state index contributed by atoms with van der Waals surface area (Å²) in [6, 6.07) is 5.74. The first-order chi connectivity index (χ1) is 7.75. The predicted molar refractivity (Wildman–Crippen MR) is 62.2 cm³/mol. The van der Waals surface area contributed by atoms with Gasteiger partial charge in [-0.2, -0.15) is 0 Å². The number of hydrogen-bond acceptors (Lipinski definition) is 5. The van der Waals surface area contributed by atoms with Crippen molar-refractivity contribution >= 4 is 11.3 Å². The molecular formula is C11H14N2O2S. The lowest BCUT2D eigenvalue weighted by molar-refractivity contribution is 0.176. The number of aromatic nitrogens is 1. The topological polar surface area (TPSA) is 58.3 Å². The quantitative estimate of drug-likeness (QED) is 0.835. The molecule has 86 valence electrons. The summed E-state index contributed by atoms with van der Waals surface area (Å²) in [6.07, 6.45) is -0.455. The second-order valence-electron chi connectivity index (χ2n) is 3.60. The van der Waals surface area contributed by atoms with Gasteiger partial charge in [0.25, 0.3) is 0 Å². The number of hydrogen-bond donors (Lipinski definition) is 2. The molecule has 0 radical (unpaired) electrons. The minimum absolute atomic E-state index is 0.455. The Balaban J connectivity index is 1.76. The van der Waals surface area contributed by atoms with Crippen LogP contribution in [0, 0.1) is 6.92 Å². The third-order valence-corrected chi connectivity index (χ3v) is 3.16. The van der Waals surface area contributed by atoms with Crippen LogP contribution in [0.25, 0.3) is 0 Å². The average molecular weight is 238 g/mol. The molecule has 1 unspecified atom stereocenters.